The third-order valence-electron chi connectivity index (χ3n) is 4.33. The van der Waals surface area contributed by atoms with Crippen LogP contribution in [-0.2, 0) is 11.4 Å². The van der Waals surface area contributed by atoms with Gasteiger partial charge >= 0.3 is 0 Å². The number of hydrogen-bond donors (Lipinski definition) is 2. The minimum absolute atomic E-state index is 0. The second-order valence-electron chi connectivity index (χ2n) is 6.32. The summed E-state index contributed by atoms with van der Waals surface area (Å²) in [6.07, 6.45) is 3.15. The summed E-state index contributed by atoms with van der Waals surface area (Å²) in [5.41, 5.74) is 0.773. The van der Waals surface area contributed by atoms with Crippen molar-refractivity contribution in [2.45, 2.75) is 31.8 Å². The number of rotatable bonds is 6. The highest BCUT2D eigenvalue weighted by atomic mass is 35.5. The lowest BCUT2D eigenvalue weighted by molar-refractivity contribution is -0.119. The Kier molecular flexibility index (Phi) is 5.55. The normalized spacial score (nSPS) is 19.3. The minimum atomic E-state index is 0. The van der Waals surface area contributed by atoms with Crippen molar-refractivity contribution in [1.82, 2.24) is 15.5 Å². The highest BCUT2D eigenvalue weighted by Gasteiger charge is 2.29. The van der Waals surface area contributed by atoms with Gasteiger partial charge in [0.15, 0.2) is 6.61 Å². The average molecular weight is 365 g/mol. The second-order valence-corrected chi connectivity index (χ2v) is 6.32. The summed E-state index contributed by atoms with van der Waals surface area (Å²) in [4.78, 5) is 16.4. The van der Waals surface area contributed by atoms with Gasteiger partial charge in [0.2, 0.25) is 17.6 Å². The first-order chi connectivity index (χ1) is 11.8. The van der Waals surface area contributed by atoms with Gasteiger partial charge in [-0.05, 0) is 50.1 Å². The average Bonchev–Trinajstić information content (AvgIpc) is 3.12. The number of carbonyl (C=O) groups excluding carboxylic acids is 1. The summed E-state index contributed by atoms with van der Waals surface area (Å²) in [6, 6.07) is 7.32. The first kappa shape index (κ1) is 17.7. The van der Waals surface area contributed by atoms with Gasteiger partial charge in [-0.2, -0.15) is 4.98 Å². The van der Waals surface area contributed by atoms with Crippen molar-refractivity contribution in [1.29, 1.82) is 0 Å². The van der Waals surface area contributed by atoms with Crippen LogP contribution in [0.3, 0.4) is 0 Å². The predicted molar refractivity (Wildman–Crippen MR) is 93.9 cm³/mol. The van der Waals surface area contributed by atoms with E-state index >= 15 is 0 Å². The molecule has 7 nitrogen and oxygen atoms in total. The summed E-state index contributed by atoms with van der Waals surface area (Å²) in [6.45, 7) is 1.93. The van der Waals surface area contributed by atoms with Gasteiger partial charge in [-0.15, -0.1) is 12.4 Å². The van der Waals surface area contributed by atoms with E-state index in [0.29, 0.717) is 23.4 Å². The molecule has 0 spiro atoms. The molecule has 0 bridgehead atoms. The van der Waals surface area contributed by atoms with Crippen molar-refractivity contribution in [3.63, 3.8) is 0 Å². The van der Waals surface area contributed by atoms with E-state index in [9.17, 15) is 4.79 Å². The lowest BCUT2D eigenvalue weighted by Gasteiger charge is -2.10. The van der Waals surface area contributed by atoms with Crippen molar-refractivity contribution in [3.8, 4) is 5.75 Å². The summed E-state index contributed by atoms with van der Waals surface area (Å²) in [5.74, 6) is 2.54. The lowest BCUT2D eigenvalue weighted by atomic mass is 10.1. The SMILES string of the molecule is Cl.O=C(Nc1ccc(OCc2noc(C3CC3)n2)cc1)C1CCNC1. The van der Waals surface area contributed by atoms with E-state index < -0.39 is 0 Å². The third-order valence-corrected chi connectivity index (χ3v) is 4.33. The number of halogens is 1. The van der Waals surface area contributed by atoms with E-state index in [2.05, 4.69) is 20.8 Å². The number of carbonyl (C=O) groups is 1. The maximum absolute atomic E-state index is 12.1. The fourth-order valence-corrected chi connectivity index (χ4v) is 2.73. The van der Waals surface area contributed by atoms with E-state index in [1.807, 2.05) is 24.3 Å². The zero-order valence-electron chi connectivity index (χ0n) is 13.7. The Morgan fingerprint density at radius 2 is 2.08 bits per heavy atom. The van der Waals surface area contributed by atoms with Crippen molar-refractivity contribution in [2.24, 2.45) is 5.92 Å². The molecule has 2 heterocycles. The molecule has 1 amide bonds. The van der Waals surface area contributed by atoms with E-state index in [1.165, 1.54) is 0 Å². The van der Waals surface area contributed by atoms with Gasteiger partial charge in [0, 0.05) is 18.2 Å². The first-order valence-electron chi connectivity index (χ1n) is 8.35. The second kappa shape index (κ2) is 7.84. The summed E-state index contributed by atoms with van der Waals surface area (Å²) < 4.78 is 10.9. The molecule has 8 heteroatoms. The van der Waals surface area contributed by atoms with E-state index in [1.54, 1.807) is 0 Å². The number of ether oxygens (including phenoxy) is 1. The molecule has 2 fully saturated rings. The molecule has 1 aromatic carbocycles. The maximum Gasteiger partial charge on any atom is 0.229 e. The molecule has 1 aliphatic carbocycles. The largest absolute Gasteiger partial charge is 0.485 e. The third kappa shape index (κ3) is 4.49. The Morgan fingerprint density at radius 1 is 1.28 bits per heavy atom. The topological polar surface area (TPSA) is 89.3 Å². The van der Waals surface area contributed by atoms with Crippen LogP contribution < -0.4 is 15.4 Å². The predicted octanol–water partition coefficient (Wildman–Crippen LogP) is 2.50. The fourth-order valence-electron chi connectivity index (χ4n) is 2.73. The van der Waals surface area contributed by atoms with Crippen molar-refractivity contribution in [2.75, 3.05) is 18.4 Å². The molecule has 1 unspecified atom stereocenters. The molecule has 134 valence electrons. The van der Waals surface area contributed by atoms with Gasteiger partial charge in [0.1, 0.15) is 5.75 Å². The molecular weight excluding hydrogens is 344 g/mol. The quantitative estimate of drug-likeness (QED) is 0.818. The summed E-state index contributed by atoms with van der Waals surface area (Å²) >= 11 is 0. The lowest BCUT2D eigenvalue weighted by Crippen LogP contribution is -2.24. The number of benzene rings is 1. The first-order valence-corrected chi connectivity index (χ1v) is 8.35. The van der Waals surface area contributed by atoms with Crippen LogP contribution in [0.25, 0.3) is 0 Å². The summed E-state index contributed by atoms with van der Waals surface area (Å²) in [5, 5.41) is 10.0. The van der Waals surface area contributed by atoms with Gasteiger partial charge in [0.25, 0.3) is 0 Å². The van der Waals surface area contributed by atoms with Crippen molar-refractivity contribution in [3.05, 3.63) is 36.0 Å². The molecule has 2 aromatic rings. The molecule has 1 saturated carbocycles. The molecule has 1 aromatic heterocycles. The Hall–Kier alpha value is -2.12. The summed E-state index contributed by atoms with van der Waals surface area (Å²) in [7, 11) is 0. The minimum Gasteiger partial charge on any atom is -0.485 e. The zero-order chi connectivity index (χ0) is 16.4. The van der Waals surface area contributed by atoms with Gasteiger partial charge in [-0.25, -0.2) is 0 Å². The number of nitrogens with zero attached hydrogens (tertiary/aromatic N) is 2. The van der Waals surface area contributed by atoms with Crippen molar-refractivity contribution < 1.29 is 14.1 Å². The number of aromatic nitrogens is 2. The molecule has 4 rings (SSSR count). The van der Waals surface area contributed by atoms with E-state index in [-0.39, 0.29) is 30.8 Å². The maximum atomic E-state index is 12.1. The van der Waals surface area contributed by atoms with Crippen LogP contribution in [0.5, 0.6) is 5.75 Å². The molecule has 2 aliphatic rings. The van der Waals surface area contributed by atoms with Gasteiger partial charge < -0.3 is 19.9 Å². The van der Waals surface area contributed by atoms with Crippen LogP contribution in [0.4, 0.5) is 5.69 Å². The monoisotopic (exact) mass is 364 g/mol. The van der Waals surface area contributed by atoms with E-state index in [0.717, 1.165) is 38.0 Å². The molecule has 25 heavy (non-hydrogen) atoms. The van der Waals surface area contributed by atoms with Crippen LogP contribution in [0.15, 0.2) is 28.8 Å². The van der Waals surface area contributed by atoms with Crippen LogP contribution in [0.1, 0.15) is 36.9 Å². The van der Waals surface area contributed by atoms with E-state index in [4.69, 9.17) is 9.26 Å². The molecule has 1 saturated heterocycles. The fraction of sp³-hybridized carbons (Fsp3) is 0.471. The van der Waals surface area contributed by atoms with Crippen LogP contribution >= 0.6 is 12.4 Å². The Bertz CT molecular complexity index is 709. The number of amides is 1. The Balaban J connectivity index is 0.00000182. The van der Waals surface area contributed by atoms with Gasteiger partial charge in [-0.1, -0.05) is 5.16 Å². The van der Waals surface area contributed by atoms with Crippen LogP contribution in [-0.4, -0.2) is 29.1 Å². The standard InChI is InChI=1S/C17H20N4O3.ClH/c22-16(12-7-8-18-9-12)19-13-3-5-14(6-4-13)23-10-15-20-17(24-21-15)11-1-2-11;/h3-6,11-12,18H,1-2,7-10H2,(H,19,22);1H. The molecule has 0 radical (unpaired) electrons. The van der Waals surface area contributed by atoms with Gasteiger partial charge in [0.05, 0.1) is 5.92 Å². The zero-order valence-corrected chi connectivity index (χ0v) is 14.6. The smallest absolute Gasteiger partial charge is 0.229 e. The number of hydrogen-bond acceptors (Lipinski definition) is 6. The molecule has 1 atom stereocenters. The Labute approximate surface area is 151 Å². The van der Waals surface area contributed by atoms with Crippen LogP contribution in [0.2, 0.25) is 0 Å². The molecular formula is C17H21ClN4O3. The number of anilines is 1. The van der Waals surface area contributed by atoms with Crippen molar-refractivity contribution >= 4 is 24.0 Å². The number of nitrogens with one attached hydrogen (secondary N) is 2. The molecule has 2 N–H and O–H groups in total. The Morgan fingerprint density at radius 3 is 2.76 bits per heavy atom. The van der Waals surface area contributed by atoms with Crippen LogP contribution in [0, 0.1) is 5.92 Å². The highest BCUT2D eigenvalue weighted by Crippen LogP contribution is 2.38. The highest BCUT2D eigenvalue weighted by molar-refractivity contribution is 5.92. The molecule has 1 aliphatic heterocycles. The van der Waals surface area contributed by atoms with Gasteiger partial charge in [-0.3, -0.25) is 4.79 Å².